The van der Waals surface area contributed by atoms with E-state index < -0.39 is 0 Å². The molecule has 1 aromatic heterocycles. The maximum atomic E-state index is 6.75. The summed E-state index contributed by atoms with van der Waals surface area (Å²) in [5.74, 6) is 0. The Hall–Kier alpha value is -8.79. The smallest absolute Gasteiger partial charge is 0.327 e. The average Bonchev–Trinajstić information content (AvgIpc) is 3.98. The first-order valence-corrected chi connectivity index (χ1v) is 28.5. The zero-order valence-electron chi connectivity index (χ0n) is 46.8. The van der Waals surface area contributed by atoms with Crippen LogP contribution in [0.3, 0.4) is 0 Å². The third kappa shape index (κ3) is 8.45. The number of fused-ring (bicyclic) bond motifs is 8. The molecule has 14 rings (SSSR count). The molecule has 0 atom stereocenters. The predicted octanol–water partition coefficient (Wildman–Crippen LogP) is 13.8. The second kappa shape index (κ2) is 19.2. The Morgan fingerprint density at radius 3 is 1.55 bits per heavy atom. The molecule has 2 nitrogen and oxygen atoms in total. The number of rotatable bonds is 8. The first kappa shape index (κ1) is 49.5. The van der Waals surface area contributed by atoms with Crippen LogP contribution in [0.25, 0.3) is 66.4 Å². The van der Waals surface area contributed by atoms with Crippen LogP contribution in [0.4, 0.5) is 11.4 Å². The van der Waals surface area contributed by atoms with Gasteiger partial charge in [0, 0.05) is 27.7 Å². The van der Waals surface area contributed by atoms with Crippen molar-refractivity contribution in [2.75, 3.05) is 4.81 Å². The molecule has 0 spiro atoms. The normalized spacial score (nSPS) is 12.9. The van der Waals surface area contributed by atoms with Crippen molar-refractivity contribution >= 4 is 97.3 Å². The van der Waals surface area contributed by atoms with E-state index in [1.54, 1.807) is 0 Å². The van der Waals surface area contributed by atoms with Gasteiger partial charge in [-0.3, -0.25) is 0 Å². The average molecular weight is 1030 g/mol. The minimum absolute atomic E-state index is 0.00214. The molecule has 0 radical (unpaired) electrons. The Balaban J connectivity index is 1.07. The molecule has 0 amide bonds. The lowest BCUT2D eigenvalue weighted by atomic mass is 9.23. The quantitative estimate of drug-likeness (QED) is 0.141. The van der Waals surface area contributed by atoms with Crippen LogP contribution in [-0.4, -0.2) is 20.3 Å². The molecule has 80 heavy (non-hydrogen) atoms. The van der Waals surface area contributed by atoms with Crippen molar-refractivity contribution in [2.24, 2.45) is 0 Å². The van der Waals surface area contributed by atoms with E-state index in [1.165, 1.54) is 111 Å². The van der Waals surface area contributed by atoms with Gasteiger partial charge in [0.15, 0.2) is 0 Å². The minimum atomic E-state index is -0.146. The van der Waals surface area contributed by atoms with Gasteiger partial charge in [0.25, 0.3) is 0 Å². The second-order valence-electron chi connectivity index (χ2n) is 24.5. The predicted molar refractivity (Wildman–Crippen MR) is 346 cm³/mol. The van der Waals surface area contributed by atoms with E-state index in [0.717, 1.165) is 27.6 Å². The van der Waals surface area contributed by atoms with Crippen molar-refractivity contribution in [2.45, 2.75) is 59.3 Å². The van der Waals surface area contributed by atoms with Gasteiger partial charge in [-0.15, -0.1) is 0 Å². The Labute approximate surface area is 473 Å². The molecule has 0 unspecified atom stereocenters. The topological polar surface area (TPSA) is 16.4 Å². The lowest BCUT2D eigenvalue weighted by molar-refractivity contribution is 0.590. The number of aryl methyl sites for hydroxylation is 1. The lowest BCUT2D eigenvalue weighted by Gasteiger charge is -2.45. The Morgan fingerprint density at radius 2 is 0.938 bits per heavy atom. The summed E-state index contributed by atoms with van der Waals surface area (Å²) in [4.78, 5) is 2.67. The van der Waals surface area contributed by atoms with Crippen LogP contribution in [0.5, 0.6) is 0 Å². The molecular formula is C75H62B3NO. The van der Waals surface area contributed by atoms with Gasteiger partial charge in [-0.25, -0.2) is 0 Å². The Kier molecular flexibility index (Phi) is 11.9. The molecule has 0 aliphatic carbocycles. The molecule has 12 aromatic rings. The molecule has 2 aliphatic rings. The van der Waals surface area contributed by atoms with Gasteiger partial charge in [0.05, 0.1) is 0 Å². The molecule has 3 heterocycles. The number of furan rings is 1. The summed E-state index contributed by atoms with van der Waals surface area (Å²) in [6.07, 6.45) is 0. The fourth-order valence-corrected chi connectivity index (χ4v) is 13.3. The van der Waals surface area contributed by atoms with Crippen molar-refractivity contribution < 1.29 is 4.42 Å². The van der Waals surface area contributed by atoms with Crippen molar-refractivity contribution in [3.8, 4) is 44.5 Å². The van der Waals surface area contributed by atoms with E-state index in [9.17, 15) is 0 Å². The van der Waals surface area contributed by atoms with Crippen LogP contribution < -0.4 is 48.5 Å². The summed E-state index contributed by atoms with van der Waals surface area (Å²) in [5.41, 5.74) is 28.3. The Morgan fingerprint density at radius 1 is 0.400 bits per heavy atom. The Bertz CT molecular complexity index is 4220. The van der Waals surface area contributed by atoms with Gasteiger partial charge < -0.3 is 9.23 Å². The molecule has 2 aliphatic heterocycles. The first-order valence-electron chi connectivity index (χ1n) is 28.5. The van der Waals surface area contributed by atoms with E-state index in [2.05, 4.69) is 302 Å². The summed E-state index contributed by atoms with van der Waals surface area (Å²) in [6, 6.07) is 93.8. The number of hydrogen-bond acceptors (Lipinski definition) is 2. The number of para-hydroxylation sites is 1. The number of benzene rings is 11. The lowest BCUT2D eigenvalue weighted by Crippen LogP contribution is -2.77. The van der Waals surface area contributed by atoms with Crippen LogP contribution in [0.2, 0.25) is 0 Å². The van der Waals surface area contributed by atoms with E-state index in [-0.39, 0.29) is 31.1 Å². The third-order valence-corrected chi connectivity index (χ3v) is 17.3. The molecule has 11 aromatic carbocycles. The zero-order valence-corrected chi connectivity index (χ0v) is 46.8. The number of nitrogens with zero attached hydrogens (tertiary/aromatic N) is 1. The van der Waals surface area contributed by atoms with Crippen molar-refractivity contribution in [1.82, 2.24) is 0 Å². The van der Waals surface area contributed by atoms with Gasteiger partial charge in [-0.1, -0.05) is 304 Å². The first-order chi connectivity index (χ1) is 38.9. The summed E-state index contributed by atoms with van der Waals surface area (Å²) in [6.45, 7) is 15.9. The molecule has 0 bridgehead atoms. The minimum Gasteiger partial charge on any atom is -0.456 e. The summed E-state index contributed by atoms with van der Waals surface area (Å²) in [5, 5.41) is 2.30. The maximum Gasteiger partial charge on any atom is 0.327 e. The SMILES string of the molecule is Cc1cc2c3c(c1)-c1c(ccc4oc5ccccc5c14)N(c1ccc(C(C)(C)C)cc1)B3c1ccc(B(c3ccc(-c4ccccc4)cc3)c3ccc(-c4ccccc4)cc3)cc1B2c1ccc(C(C)(C)C)cc1-c1ccccc1. The fraction of sp³-hybridized carbons (Fsp3) is 0.120. The molecule has 0 saturated heterocycles. The highest BCUT2D eigenvalue weighted by atomic mass is 16.3. The number of anilines is 2. The molecular weight excluding hydrogens is 963 g/mol. The molecule has 0 fully saturated rings. The third-order valence-electron chi connectivity index (χ3n) is 17.3. The van der Waals surface area contributed by atoms with Gasteiger partial charge in [-0.05, 0) is 104 Å². The van der Waals surface area contributed by atoms with Crippen LogP contribution in [0.15, 0.2) is 253 Å². The van der Waals surface area contributed by atoms with Crippen molar-refractivity contribution in [3.63, 3.8) is 0 Å². The van der Waals surface area contributed by atoms with E-state index in [0.29, 0.717) is 0 Å². The molecule has 382 valence electrons. The molecule has 5 heteroatoms. The van der Waals surface area contributed by atoms with Gasteiger partial charge in [0.2, 0.25) is 13.4 Å². The monoisotopic (exact) mass is 1030 g/mol. The summed E-state index contributed by atoms with van der Waals surface area (Å²) >= 11 is 0. The highest BCUT2D eigenvalue weighted by Crippen LogP contribution is 2.47. The van der Waals surface area contributed by atoms with Crippen LogP contribution >= 0.6 is 0 Å². The maximum absolute atomic E-state index is 6.75. The van der Waals surface area contributed by atoms with E-state index in [4.69, 9.17) is 4.42 Å². The summed E-state index contributed by atoms with van der Waals surface area (Å²) in [7, 11) is 0. The zero-order chi connectivity index (χ0) is 54.4. The molecule has 0 saturated carbocycles. The van der Waals surface area contributed by atoms with Crippen LogP contribution in [0.1, 0.15) is 58.2 Å². The largest absolute Gasteiger partial charge is 0.456 e. The van der Waals surface area contributed by atoms with Crippen molar-refractivity contribution in [3.05, 3.63) is 265 Å². The van der Waals surface area contributed by atoms with E-state index in [1.807, 2.05) is 0 Å². The van der Waals surface area contributed by atoms with Gasteiger partial charge >= 0.3 is 6.85 Å². The van der Waals surface area contributed by atoms with Crippen LogP contribution in [0, 0.1) is 6.92 Å². The fourth-order valence-electron chi connectivity index (χ4n) is 13.3. The molecule has 0 N–H and O–H groups in total. The standard InChI is InChI=1S/C75H62B3NO/c1-49-45-63-71-68(43-44-70-72(71)61-25-17-18-26-69(61)80-70)79(60-39-31-55(32-40-60)74(2,3)4)78-65-42-38-59(48-66(65)77(67(46-49)73(63)78)64-41-33-56(75(5,6)7)47-62(64)54-23-15-10-16-24-54)76(57-34-27-52(28-35-57)50-19-11-8-12-20-50)58-36-29-53(30-37-58)51-21-13-9-14-22-51/h8-48H,1-7H3. The summed E-state index contributed by atoms with van der Waals surface area (Å²) < 4.78 is 6.75. The number of hydrogen-bond donors (Lipinski definition) is 0. The van der Waals surface area contributed by atoms with Gasteiger partial charge in [-0.2, -0.15) is 0 Å². The van der Waals surface area contributed by atoms with Gasteiger partial charge in [0.1, 0.15) is 11.2 Å². The highest BCUT2D eigenvalue weighted by molar-refractivity contribution is 7.10. The van der Waals surface area contributed by atoms with Crippen molar-refractivity contribution in [1.29, 1.82) is 0 Å². The highest BCUT2D eigenvalue weighted by Gasteiger charge is 2.48. The van der Waals surface area contributed by atoms with E-state index >= 15 is 0 Å². The second-order valence-corrected chi connectivity index (χ2v) is 24.5. The van der Waals surface area contributed by atoms with Crippen LogP contribution in [-0.2, 0) is 10.8 Å².